The van der Waals surface area contributed by atoms with Crippen molar-refractivity contribution in [1.82, 2.24) is 0 Å². The molecule has 0 saturated carbocycles. The topological polar surface area (TPSA) is 85.3 Å². The van der Waals surface area contributed by atoms with Crippen LogP contribution in [0.4, 0.5) is 5.69 Å². The molecule has 0 saturated heterocycles. The summed E-state index contributed by atoms with van der Waals surface area (Å²) in [4.78, 5) is 23.7. The number of nitrogens with two attached hydrogens (primary N) is 1. The molecule has 0 unspecified atom stereocenters. The summed E-state index contributed by atoms with van der Waals surface area (Å²) < 4.78 is 5.62. The molecule has 0 fully saturated rings. The fourth-order valence-electron chi connectivity index (χ4n) is 3.13. The summed E-state index contributed by atoms with van der Waals surface area (Å²) in [6, 6.07) is 18.5. The van der Waals surface area contributed by atoms with Gasteiger partial charge in [0, 0.05) is 22.2 Å². The van der Waals surface area contributed by atoms with Gasteiger partial charge in [-0.2, -0.15) is 0 Å². The number of primary amides is 1. The molecule has 3 aromatic carbocycles. The van der Waals surface area contributed by atoms with Crippen molar-refractivity contribution in [2.45, 2.75) is 6.42 Å². The summed E-state index contributed by atoms with van der Waals surface area (Å²) in [6.45, 7) is 0. The van der Waals surface area contributed by atoms with Gasteiger partial charge in [0.15, 0.2) is 0 Å². The number of benzene rings is 3. The SMILES string of the molecule is NC(=O)c1cccc(NC(=O)Cc2coc3ccc4ccccc4c23)c1. The second kappa shape index (κ2) is 6.37. The Kier molecular flexibility index (Phi) is 3.89. The summed E-state index contributed by atoms with van der Waals surface area (Å²) in [6.07, 6.45) is 1.79. The van der Waals surface area contributed by atoms with Crippen LogP contribution in [-0.4, -0.2) is 11.8 Å². The zero-order chi connectivity index (χ0) is 18.1. The molecule has 1 aromatic heterocycles. The third kappa shape index (κ3) is 2.91. The number of furan rings is 1. The molecular formula is C21H16N2O3. The first-order valence-corrected chi connectivity index (χ1v) is 8.19. The van der Waals surface area contributed by atoms with E-state index in [1.807, 2.05) is 36.4 Å². The molecule has 1 heterocycles. The van der Waals surface area contributed by atoms with Crippen LogP contribution in [0.3, 0.4) is 0 Å². The lowest BCUT2D eigenvalue weighted by molar-refractivity contribution is -0.115. The number of carbonyl (C=O) groups excluding carboxylic acids is 2. The van der Waals surface area contributed by atoms with E-state index in [-0.39, 0.29) is 12.3 Å². The minimum absolute atomic E-state index is 0.168. The van der Waals surface area contributed by atoms with Crippen molar-refractivity contribution in [2.24, 2.45) is 5.73 Å². The second-order valence-electron chi connectivity index (χ2n) is 6.09. The number of fused-ring (bicyclic) bond motifs is 3. The van der Waals surface area contributed by atoms with Crippen molar-refractivity contribution in [3.63, 3.8) is 0 Å². The number of amides is 2. The zero-order valence-corrected chi connectivity index (χ0v) is 13.9. The highest BCUT2D eigenvalue weighted by molar-refractivity contribution is 6.09. The first kappa shape index (κ1) is 15.9. The minimum Gasteiger partial charge on any atom is -0.464 e. The number of hydrogen-bond acceptors (Lipinski definition) is 3. The maximum atomic E-state index is 12.5. The van der Waals surface area contributed by atoms with E-state index in [2.05, 4.69) is 5.32 Å². The van der Waals surface area contributed by atoms with Crippen LogP contribution in [0.25, 0.3) is 21.7 Å². The Morgan fingerprint density at radius 1 is 1.00 bits per heavy atom. The molecule has 2 amide bonds. The van der Waals surface area contributed by atoms with E-state index in [0.29, 0.717) is 11.3 Å². The van der Waals surface area contributed by atoms with Gasteiger partial charge in [0.2, 0.25) is 11.8 Å². The summed E-state index contributed by atoms with van der Waals surface area (Å²) in [5.41, 5.74) is 7.73. The fourth-order valence-corrected chi connectivity index (χ4v) is 3.13. The van der Waals surface area contributed by atoms with Crippen LogP contribution in [-0.2, 0) is 11.2 Å². The van der Waals surface area contributed by atoms with Crippen molar-refractivity contribution >= 4 is 39.2 Å². The Hall–Kier alpha value is -3.60. The van der Waals surface area contributed by atoms with Crippen LogP contribution in [0.5, 0.6) is 0 Å². The van der Waals surface area contributed by atoms with Crippen LogP contribution in [0, 0.1) is 0 Å². The van der Waals surface area contributed by atoms with Crippen molar-refractivity contribution in [3.8, 4) is 0 Å². The molecule has 0 spiro atoms. The van der Waals surface area contributed by atoms with Gasteiger partial charge < -0.3 is 15.5 Å². The fraction of sp³-hybridized carbons (Fsp3) is 0.0476. The highest BCUT2D eigenvalue weighted by Crippen LogP contribution is 2.30. The van der Waals surface area contributed by atoms with E-state index in [1.165, 1.54) is 0 Å². The molecule has 5 nitrogen and oxygen atoms in total. The molecule has 128 valence electrons. The lowest BCUT2D eigenvalue weighted by atomic mass is 10.0. The van der Waals surface area contributed by atoms with Gasteiger partial charge >= 0.3 is 0 Å². The van der Waals surface area contributed by atoms with Crippen LogP contribution in [0.15, 0.2) is 71.3 Å². The molecule has 0 bridgehead atoms. The van der Waals surface area contributed by atoms with Gasteiger partial charge in [-0.1, -0.05) is 36.4 Å². The highest BCUT2D eigenvalue weighted by Gasteiger charge is 2.13. The number of anilines is 1. The molecule has 0 atom stereocenters. The first-order valence-electron chi connectivity index (χ1n) is 8.19. The van der Waals surface area contributed by atoms with Crippen LogP contribution in [0.1, 0.15) is 15.9 Å². The highest BCUT2D eigenvalue weighted by atomic mass is 16.3. The van der Waals surface area contributed by atoms with Gasteiger partial charge in [0.25, 0.3) is 0 Å². The Bertz CT molecular complexity index is 1140. The predicted molar refractivity (Wildman–Crippen MR) is 101 cm³/mol. The average Bonchev–Trinajstić information content (AvgIpc) is 3.05. The number of nitrogens with one attached hydrogen (secondary N) is 1. The standard InChI is InChI=1S/C21H16N2O3/c22-21(25)14-5-3-6-16(10-14)23-19(24)11-15-12-26-18-9-8-13-4-1-2-7-17(13)20(15)18/h1-10,12H,11H2,(H2,22,25)(H,23,24). The maximum Gasteiger partial charge on any atom is 0.248 e. The van der Waals surface area contributed by atoms with Crippen molar-refractivity contribution in [3.05, 3.63) is 78.1 Å². The molecule has 0 radical (unpaired) electrons. The third-order valence-corrected chi connectivity index (χ3v) is 4.32. The molecule has 0 aliphatic carbocycles. The third-order valence-electron chi connectivity index (χ3n) is 4.32. The van der Waals surface area contributed by atoms with E-state index >= 15 is 0 Å². The van der Waals surface area contributed by atoms with E-state index < -0.39 is 5.91 Å². The van der Waals surface area contributed by atoms with E-state index in [4.69, 9.17) is 10.2 Å². The Morgan fingerprint density at radius 2 is 1.85 bits per heavy atom. The predicted octanol–water partition coefficient (Wildman–Crippen LogP) is 3.87. The zero-order valence-electron chi connectivity index (χ0n) is 13.9. The average molecular weight is 344 g/mol. The Balaban J connectivity index is 1.63. The lowest BCUT2D eigenvalue weighted by Gasteiger charge is -2.06. The van der Waals surface area contributed by atoms with Gasteiger partial charge in [0.05, 0.1) is 12.7 Å². The smallest absolute Gasteiger partial charge is 0.248 e. The van der Waals surface area contributed by atoms with Gasteiger partial charge in [-0.3, -0.25) is 9.59 Å². The van der Waals surface area contributed by atoms with Crippen molar-refractivity contribution in [2.75, 3.05) is 5.32 Å². The largest absolute Gasteiger partial charge is 0.464 e. The van der Waals surface area contributed by atoms with E-state index in [9.17, 15) is 9.59 Å². The van der Waals surface area contributed by atoms with Crippen LogP contribution in [0.2, 0.25) is 0 Å². The molecule has 0 aliphatic heterocycles. The van der Waals surface area contributed by atoms with Gasteiger partial charge in [-0.25, -0.2) is 0 Å². The minimum atomic E-state index is -0.534. The van der Waals surface area contributed by atoms with E-state index in [0.717, 1.165) is 27.3 Å². The molecule has 5 heteroatoms. The number of rotatable bonds is 4. The normalized spacial score (nSPS) is 10.9. The second-order valence-corrected chi connectivity index (χ2v) is 6.09. The quantitative estimate of drug-likeness (QED) is 0.589. The maximum absolute atomic E-state index is 12.5. The molecule has 4 aromatic rings. The Labute approximate surface area is 149 Å². The number of carbonyl (C=O) groups is 2. The van der Waals surface area contributed by atoms with Crippen LogP contribution >= 0.6 is 0 Å². The summed E-state index contributed by atoms with van der Waals surface area (Å²) >= 11 is 0. The summed E-state index contributed by atoms with van der Waals surface area (Å²) in [5, 5.41) is 5.90. The lowest BCUT2D eigenvalue weighted by Crippen LogP contribution is -2.15. The van der Waals surface area contributed by atoms with Gasteiger partial charge in [0.1, 0.15) is 5.58 Å². The molecular weight excluding hydrogens is 328 g/mol. The molecule has 4 rings (SSSR count). The summed E-state index contributed by atoms with van der Waals surface area (Å²) in [5.74, 6) is -0.726. The van der Waals surface area contributed by atoms with E-state index in [1.54, 1.807) is 30.5 Å². The van der Waals surface area contributed by atoms with Gasteiger partial charge in [-0.15, -0.1) is 0 Å². The molecule has 26 heavy (non-hydrogen) atoms. The molecule has 0 aliphatic rings. The number of hydrogen-bond donors (Lipinski definition) is 2. The summed E-state index contributed by atoms with van der Waals surface area (Å²) in [7, 11) is 0. The monoisotopic (exact) mass is 344 g/mol. The Morgan fingerprint density at radius 3 is 2.69 bits per heavy atom. The molecule has 3 N–H and O–H groups in total. The van der Waals surface area contributed by atoms with Crippen molar-refractivity contribution in [1.29, 1.82) is 0 Å². The van der Waals surface area contributed by atoms with Crippen molar-refractivity contribution < 1.29 is 14.0 Å². The first-order chi connectivity index (χ1) is 12.6. The van der Waals surface area contributed by atoms with Gasteiger partial charge in [-0.05, 0) is 35.0 Å². The van der Waals surface area contributed by atoms with Crippen LogP contribution < -0.4 is 11.1 Å².